The molecule has 0 fully saturated rings. The molecule has 0 aliphatic rings. The Kier molecular flexibility index (Phi) is 5.52. The molecule has 0 radical (unpaired) electrons. The van der Waals surface area contributed by atoms with E-state index in [0.29, 0.717) is 0 Å². The van der Waals surface area contributed by atoms with Crippen molar-refractivity contribution in [1.82, 2.24) is 10.6 Å². The molecule has 0 aliphatic carbocycles. The van der Waals surface area contributed by atoms with Crippen molar-refractivity contribution in [2.24, 2.45) is 5.73 Å². The van der Waals surface area contributed by atoms with Crippen LogP contribution < -0.4 is 21.1 Å². The molecule has 0 heterocycles. The van der Waals surface area contributed by atoms with E-state index in [2.05, 4.69) is 10.6 Å². The second-order valence-electron chi connectivity index (χ2n) is 4.33. The zero-order valence-electron chi connectivity index (χ0n) is 11.3. The molecular formula is C13H17N3O4. The second kappa shape index (κ2) is 7.13. The van der Waals surface area contributed by atoms with E-state index < -0.39 is 24.5 Å². The summed E-state index contributed by atoms with van der Waals surface area (Å²) in [5, 5.41) is 4.60. The maximum absolute atomic E-state index is 11.5. The van der Waals surface area contributed by atoms with E-state index in [1.54, 1.807) is 26.0 Å². The molecule has 1 aromatic carbocycles. The first-order chi connectivity index (χ1) is 9.40. The van der Waals surface area contributed by atoms with Gasteiger partial charge in [-0.1, -0.05) is 12.1 Å². The average Bonchev–Trinajstić information content (AvgIpc) is 2.35. The monoisotopic (exact) mass is 279 g/mol. The Morgan fingerprint density at radius 2 is 1.90 bits per heavy atom. The molecule has 4 N–H and O–H groups in total. The summed E-state index contributed by atoms with van der Waals surface area (Å²) in [5.74, 6) is -1.08. The van der Waals surface area contributed by atoms with Gasteiger partial charge < -0.3 is 15.8 Å². The van der Waals surface area contributed by atoms with Gasteiger partial charge in [-0.3, -0.25) is 14.9 Å². The van der Waals surface area contributed by atoms with Gasteiger partial charge in [-0.25, -0.2) is 4.79 Å². The number of hydrogen-bond acceptors (Lipinski definition) is 4. The highest BCUT2D eigenvalue weighted by Gasteiger charge is 2.12. The minimum atomic E-state index is -0.654. The van der Waals surface area contributed by atoms with E-state index in [1.165, 1.54) is 12.1 Å². The van der Waals surface area contributed by atoms with Crippen LogP contribution in [0.1, 0.15) is 24.2 Å². The van der Waals surface area contributed by atoms with Crippen LogP contribution in [0.3, 0.4) is 0 Å². The van der Waals surface area contributed by atoms with Gasteiger partial charge in [0.25, 0.3) is 11.8 Å². The summed E-state index contributed by atoms with van der Waals surface area (Å²) in [6.45, 7) is 3.14. The number of ether oxygens (including phenoxy) is 1. The number of imide groups is 1. The van der Waals surface area contributed by atoms with E-state index in [9.17, 15) is 14.4 Å². The Balaban J connectivity index is 2.53. The van der Waals surface area contributed by atoms with Crippen LogP contribution in [0, 0.1) is 0 Å². The van der Waals surface area contributed by atoms with Gasteiger partial charge in [0.1, 0.15) is 5.75 Å². The van der Waals surface area contributed by atoms with Crippen LogP contribution in [0.25, 0.3) is 0 Å². The lowest BCUT2D eigenvalue weighted by molar-refractivity contribution is -0.122. The summed E-state index contributed by atoms with van der Waals surface area (Å²) in [5.41, 5.74) is 5.35. The molecule has 20 heavy (non-hydrogen) atoms. The number of urea groups is 1. The van der Waals surface area contributed by atoms with E-state index in [1.807, 2.05) is 0 Å². The van der Waals surface area contributed by atoms with Crippen molar-refractivity contribution in [2.45, 2.75) is 19.9 Å². The molecule has 0 spiro atoms. The summed E-state index contributed by atoms with van der Waals surface area (Å²) in [7, 11) is 0. The van der Waals surface area contributed by atoms with Crippen molar-refractivity contribution in [3.8, 4) is 5.75 Å². The third kappa shape index (κ3) is 4.97. The normalized spacial score (nSPS) is 9.95. The van der Waals surface area contributed by atoms with Crippen molar-refractivity contribution in [2.75, 3.05) is 6.61 Å². The van der Waals surface area contributed by atoms with Crippen LogP contribution in [0.5, 0.6) is 5.75 Å². The number of amides is 4. The fourth-order valence-electron chi connectivity index (χ4n) is 1.40. The average molecular weight is 279 g/mol. The van der Waals surface area contributed by atoms with Crippen molar-refractivity contribution in [3.63, 3.8) is 0 Å². The van der Waals surface area contributed by atoms with Gasteiger partial charge in [0.15, 0.2) is 6.61 Å². The van der Waals surface area contributed by atoms with Gasteiger partial charge in [0, 0.05) is 6.04 Å². The van der Waals surface area contributed by atoms with Crippen molar-refractivity contribution in [1.29, 1.82) is 0 Å². The Morgan fingerprint density at radius 1 is 1.25 bits per heavy atom. The van der Waals surface area contributed by atoms with Crippen LogP contribution in [0.2, 0.25) is 0 Å². The van der Waals surface area contributed by atoms with Gasteiger partial charge in [0.05, 0.1) is 5.56 Å². The van der Waals surface area contributed by atoms with E-state index in [4.69, 9.17) is 10.5 Å². The predicted octanol–water partition coefficient (Wildman–Crippen LogP) is 0.398. The highest BCUT2D eigenvalue weighted by Crippen LogP contribution is 2.16. The maximum atomic E-state index is 11.5. The lowest BCUT2D eigenvalue weighted by atomic mass is 10.2. The molecule has 0 bridgehead atoms. The molecule has 1 aromatic rings. The van der Waals surface area contributed by atoms with Gasteiger partial charge >= 0.3 is 6.03 Å². The van der Waals surface area contributed by atoms with E-state index >= 15 is 0 Å². The summed E-state index contributed by atoms with van der Waals surface area (Å²) in [4.78, 5) is 33.9. The topological polar surface area (TPSA) is 111 Å². The van der Waals surface area contributed by atoms with Gasteiger partial charge in [-0.05, 0) is 26.0 Å². The Morgan fingerprint density at radius 3 is 2.50 bits per heavy atom. The largest absolute Gasteiger partial charge is 0.483 e. The standard InChI is InChI=1S/C13H17N3O4/c1-8(2)15-13(19)16-11(17)7-20-10-6-4-3-5-9(10)12(14)18/h3-6,8H,7H2,1-2H3,(H2,14,18)(H2,15,16,17,19). The number of para-hydroxylation sites is 1. The molecule has 1 rings (SSSR count). The molecule has 4 amide bonds. The van der Waals surface area contributed by atoms with Gasteiger partial charge in [-0.2, -0.15) is 0 Å². The molecule has 0 aromatic heterocycles. The minimum Gasteiger partial charge on any atom is -0.483 e. The highest BCUT2D eigenvalue weighted by molar-refractivity contribution is 5.96. The number of benzene rings is 1. The zero-order chi connectivity index (χ0) is 15.1. The summed E-state index contributed by atoms with van der Waals surface area (Å²) < 4.78 is 5.17. The van der Waals surface area contributed by atoms with Crippen LogP contribution in [-0.4, -0.2) is 30.5 Å². The highest BCUT2D eigenvalue weighted by atomic mass is 16.5. The number of rotatable bonds is 5. The minimum absolute atomic E-state index is 0.0840. The molecule has 7 heteroatoms. The molecule has 7 nitrogen and oxygen atoms in total. The third-order valence-corrected chi connectivity index (χ3v) is 2.18. The van der Waals surface area contributed by atoms with Crippen LogP contribution in [-0.2, 0) is 4.79 Å². The molecule has 0 aliphatic heterocycles. The van der Waals surface area contributed by atoms with Crippen LogP contribution >= 0.6 is 0 Å². The first-order valence-corrected chi connectivity index (χ1v) is 6.02. The van der Waals surface area contributed by atoms with Gasteiger partial charge in [-0.15, -0.1) is 0 Å². The first-order valence-electron chi connectivity index (χ1n) is 6.02. The predicted molar refractivity (Wildman–Crippen MR) is 72.3 cm³/mol. The molecular weight excluding hydrogens is 262 g/mol. The number of hydrogen-bond donors (Lipinski definition) is 3. The maximum Gasteiger partial charge on any atom is 0.321 e. The number of primary amides is 1. The smallest absolute Gasteiger partial charge is 0.321 e. The fraction of sp³-hybridized carbons (Fsp3) is 0.308. The summed E-state index contributed by atoms with van der Waals surface area (Å²) in [6, 6.07) is 5.59. The molecule has 108 valence electrons. The Hall–Kier alpha value is -2.57. The van der Waals surface area contributed by atoms with Gasteiger partial charge in [0.2, 0.25) is 0 Å². The van der Waals surface area contributed by atoms with Crippen molar-refractivity contribution < 1.29 is 19.1 Å². The van der Waals surface area contributed by atoms with Crippen LogP contribution in [0.15, 0.2) is 24.3 Å². The fourth-order valence-corrected chi connectivity index (χ4v) is 1.40. The second-order valence-corrected chi connectivity index (χ2v) is 4.33. The number of nitrogens with two attached hydrogens (primary N) is 1. The van der Waals surface area contributed by atoms with E-state index in [-0.39, 0.29) is 17.4 Å². The van der Waals surface area contributed by atoms with Crippen molar-refractivity contribution >= 4 is 17.8 Å². The molecule has 0 atom stereocenters. The number of carbonyl (C=O) groups excluding carboxylic acids is 3. The zero-order valence-corrected chi connectivity index (χ0v) is 11.3. The quantitative estimate of drug-likeness (QED) is 0.724. The summed E-state index contributed by atoms with van der Waals surface area (Å²) in [6.07, 6.45) is 0. The SMILES string of the molecule is CC(C)NC(=O)NC(=O)COc1ccccc1C(N)=O. The Bertz CT molecular complexity index is 514. The lowest BCUT2D eigenvalue weighted by Gasteiger charge is -2.11. The van der Waals surface area contributed by atoms with Crippen molar-refractivity contribution in [3.05, 3.63) is 29.8 Å². The third-order valence-electron chi connectivity index (χ3n) is 2.18. The molecule has 0 saturated heterocycles. The lowest BCUT2D eigenvalue weighted by Crippen LogP contribution is -2.44. The Labute approximate surface area is 116 Å². The molecule has 0 saturated carbocycles. The molecule has 0 unspecified atom stereocenters. The van der Waals surface area contributed by atoms with E-state index in [0.717, 1.165) is 0 Å². The summed E-state index contributed by atoms with van der Waals surface area (Å²) >= 11 is 0. The number of nitrogens with one attached hydrogen (secondary N) is 2. The first kappa shape index (κ1) is 15.5. The van der Waals surface area contributed by atoms with Crippen LogP contribution in [0.4, 0.5) is 4.79 Å². The number of carbonyl (C=O) groups is 3.